The number of rotatable bonds is 6. The topological polar surface area (TPSA) is 74.3 Å². The van der Waals surface area contributed by atoms with E-state index in [4.69, 9.17) is 0 Å². The van der Waals surface area contributed by atoms with Crippen LogP contribution in [0.2, 0.25) is 0 Å². The maximum atomic E-state index is 12.9. The number of hydrogen-bond acceptors (Lipinski definition) is 4. The van der Waals surface area contributed by atoms with Crippen molar-refractivity contribution in [2.45, 2.75) is 63.7 Å². The molecule has 2 fully saturated rings. The molecule has 2 aromatic rings. The van der Waals surface area contributed by atoms with Gasteiger partial charge in [0, 0.05) is 30.4 Å². The molecule has 35 heavy (non-hydrogen) atoms. The van der Waals surface area contributed by atoms with Gasteiger partial charge in [-0.3, -0.25) is 19.5 Å². The van der Waals surface area contributed by atoms with Crippen LogP contribution in [0.25, 0.3) is 0 Å². The maximum absolute atomic E-state index is 12.9. The van der Waals surface area contributed by atoms with E-state index in [-0.39, 0.29) is 17.5 Å². The largest absolute Gasteiger partial charge is 0.416 e. The Bertz CT molecular complexity index is 1030. The zero-order valence-corrected chi connectivity index (χ0v) is 19.6. The SMILES string of the molecule is O=C(Nc1cccc(CN2CCC(C(=O)NC3CCCCC3)CC2)c1)c1cc(C(F)(F)F)ccn1. The number of aromatic nitrogens is 1. The molecule has 2 N–H and O–H groups in total. The van der Waals surface area contributed by atoms with Crippen molar-refractivity contribution < 1.29 is 22.8 Å². The van der Waals surface area contributed by atoms with Crippen molar-refractivity contribution in [2.24, 2.45) is 5.92 Å². The highest BCUT2D eigenvalue weighted by molar-refractivity contribution is 6.03. The van der Waals surface area contributed by atoms with Gasteiger partial charge in [-0.2, -0.15) is 13.2 Å². The summed E-state index contributed by atoms with van der Waals surface area (Å²) in [6.07, 6.45) is 3.89. The second-order valence-electron chi connectivity index (χ2n) is 9.48. The number of anilines is 1. The molecular weight excluding hydrogens is 457 g/mol. The molecule has 9 heteroatoms. The molecule has 1 aliphatic heterocycles. The molecule has 188 valence electrons. The van der Waals surface area contributed by atoms with Gasteiger partial charge in [-0.25, -0.2) is 0 Å². The third kappa shape index (κ3) is 7.04. The predicted molar refractivity (Wildman–Crippen MR) is 127 cm³/mol. The Morgan fingerprint density at radius 1 is 1.00 bits per heavy atom. The van der Waals surface area contributed by atoms with Crippen molar-refractivity contribution in [1.29, 1.82) is 0 Å². The maximum Gasteiger partial charge on any atom is 0.416 e. The molecule has 6 nitrogen and oxygen atoms in total. The summed E-state index contributed by atoms with van der Waals surface area (Å²) in [7, 11) is 0. The van der Waals surface area contributed by atoms with Crippen LogP contribution >= 0.6 is 0 Å². The highest BCUT2D eigenvalue weighted by Gasteiger charge is 2.31. The Morgan fingerprint density at radius 3 is 2.46 bits per heavy atom. The first kappa shape index (κ1) is 25.2. The summed E-state index contributed by atoms with van der Waals surface area (Å²) >= 11 is 0. The van der Waals surface area contributed by atoms with Gasteiger partial charge in [0.25, 0.3) is 5.91 Å². The molecule has 4 rings (SSSR count). The molecule has 2 aliphatic rings. The fourth-order valence-corrected chi connectivity index (χ4v) is 4.85. The summed E-state index contributed by atoms with van der Waals surface area (Å²) < 4.78 is 38.8. The van der Waals surface area contributed by atoms with Gasteiger partial charge in [-0.1, -0.05) is 31.4 Å². The first-order chi connectivity index (χ1) is 16.8. The van der Waals surface area contributed by atoms with E-state index in [0.29, 0.717) is 18.3 Å². The average Bonchev–Trinajstić information content (AvgIpc) is 2.85. The highest BCUT2D eigenvalue weighted by atomic mass is 19.4. The van der Waals surface area contributed by atoms with Gasteiger partial charge in [0.1, 0.15) is 5.69 Å². The third-order valence-corrected chi connectivity index (χ3v) is 6.82. The molecule has 0 bridgehead atoms. The summed E-state index contributed by atoms with van der Waals surface area (Å²) in [4.78, 5) is 31.1. The molecule has 1 saturated carbocycles. The van der Waals surface area contributed by atoms with Crippen LogP contribution in [-0.2, 0) is 17.5 Å². The Balaban J connectivity index is 1.28. The first-order valence-corrected chi connectivity index (χ1v) is 12.2. The van der Waals surface area contributed by atoms with Crippen LogP contribution in [0.15, 0.2) is 42.6 Å². The molecule has 0 spiro atoms. The number of piperidine rings is 1. The minimum absolute atomic E-state index is 0.0544. The zero-order chi connectivity index (χ0) is 24.8. The smallest absolute Gasteiger partial charge is 0.353 e. The predicted octanol–water partition coefficient (Wildman–Crippen LogP) is 5.01. The minimum atomic E-state index is -4.54. The summed E-state index contributed by atoms with van der Waals surface area (Å²) in [5.41, 5.74) is 0.263. The van der Waals surface area contributed by atoms with E-state index in [2.05, 4.69) is 20.5 Å². The number of alkyl halides is 3. The van der Waals surface area contributed by atoms with Crippen molar-refractivity contribution in [3.8, 4) is 0 Å². The van der Waals surface area contributed by atoms with Gasteiger partial charge in [-0.15, -0.1) is 0 Å². The van der Waals surface area contributed by atoms with E-state index < -0.39 is 17.6 Å². The number of halogens is 3. The lowest BCUT2D eigenvalue weighted by atomic mass is 9.92. The standard InChI is InChI=1S/C26H31F3N4O2/c27-26(28,29)20-9-12-30-23(16-20)25(35)32-22-8-4-5-18(15-22)17-33-13-10-19(11-14-33)24(34)31-21-6-2-1-3-7-21/h4-5,8-9,12,15-16,19,21H,1-3,6-7,10-11,13-14,17H2,(H,31,34)(H,32,35). The molecule has 2 heterocycles. The van der Waals surface area contributed by atoms with Crippen molar-refractivity contribution in [3.05, 3.63) is 59.4 Å². The van der Waals surface area contributed by atoms with Crippen molar-refractivity contribution >= 4 is 17.5 Å². The molecule has 1 aromatic heterocycles. The van der Waals surface area contributed by atoms with Crippen molar-refractivity contribution in [3.63, 3.8) is 0 Å². The minimum Gasteiger partial charge on any atom is -0.353 e. The van der Waals surface area contributed by atoms with Crippen LogP contribution in [0, 0.1) is 5.92 Å². The fourth-order valence-electron chi connectivity index (χ4n) is 4.85. The molecule has 0 unspecified atom stereocenters. The van der Waals surface area contributed by atoms with E-state index in [1.807, 2.05) is 12.1 Å². The van der Waals surface area contributed by atoms with Gasteiger partial charge < -0.3 is 10.6 Å². The number of benzene rings is 1. The first-order valence-electron chi connectivity index (χ1n) is 12.2. The Morgan fingerprint density at radius 2 is 1.74 bits per heavy atom. The summed E-state index contributed by atoms with van der Waals surface area (Å²) in [5, 5.41) is 5.87. The van der Waals surface area contributed by atoms with Crippen LogP contribution in [0.4, 0.5) is 18.9 Å². The van der Waals surface area contributed by atoms with Crippen LogP contribution in [0.5, 0.6) is 0 Å². The summed E-state index contributed by atoms with van der Waals surface area (Å²) in [6, 6.07) is 9.16. The second-order valence-corrected chi connectivity index (χ2v) is 9.48. The highest BCUT2D eigenvalue weighted by Crippen LogP contribution is 2.29. The molecule has 0 radical (unpaired) electrons. The summed E-state index contributed by atoms with van der Waals surface area (Å²) in [5.74, 6) is -0.457. The number of pyridine rings is 1. The molecule has 0 atom stereocenters. The normalized spacial score (nSPS) is 18.3. The van der Waals surface area contributed by atoms with E-state index in [9.17, 15) is 22.8 Å². The Kier molecular flexibility index (Phi) is 8.05. The lowest BCUT2D eigenvalue weighted by Crippen LogP contribution is -2.44. The monoisotopic (exact) mass is 488 g/mol. The van der Waals surface area contributed by atoms with Gasteiger partial charge in [0.2, 0.25) is 5.91 Å². The second kappa shape index (κ2) is 11.2. The van der Waals surface area contributed by atoms with Gasteiger partial charge in [-0.05, 0) is 68.6 Å². The van der Waals surface area contributed by atoms with Crippen LogP contribution in [-0.4, -0.2) is 40.8 Å². The number of carbonyl (C=O) groups excluding carboxylic acids is 2. The number of amides is 2. The summed E-state index contributed by atoms with van der Waals surface area (Å²) in [6.45, 7) is 2.30. The lowest BCUT2D eigenvalue weighted by molar-refractivity contribution is -0.137. The Hall–Kier alpha value is -2.94. The van der Waals surface area contributed by atoms with E-state index in [0.717, 1.165) is 62.7 Å². The third-order valence-electron chi connectivity index (χ3n) is 6.82. The van der Waals surface area contributed by atoms with Crippen molar-refractivity contribution in [1.82, 2.24) is 15.2 Å². The van der Waals surface area contributed by atoms with Crippen LogP contribution in [0.1, 0.15) is 66.6 Å². The number of nitrogens with zero attached hydrogens (tertiary/aromatic N) is 2. The van der Waals surface area contributed by atoms with E-state index in [1.54, 1.807) is 12.1 Å². The number of hydrogen-bond donors (Lipinski definition) is 2. The number of nitrogens with one attached hydrogen (secondary N) is 2. The van der Waals surface area contributed by atoms with Crippen LogP contribution < -0.4 is 10.6 Å². The lowest BCUT2D eigenvalue weighted by Gasteiger charge is -2.32. The zero-order valence-electron chi connectivity index (χ0n) is 19.6. The molecule has 1 aliphatic carbocycles. The molecular formula is C26H31F3N4O2. The Labute approximate surface area is 203 Å². The van der Waals surface area contributed by atoms with E-state index >= 15 is 0 Å². The van der Waals surface area contributed by atoms with E-state index in [1.165, 1.54) is 19.3 Å². The number of carbonyl (C=O) groups is 2. The number of likely N-dealkylation sites (tertiary alicyclic amines) is 1. The fraction of sp³-hybridized carbons (Fsp3) is 0.500. The van der Waals surface area contributed by atoms with Gasteiger partial charge in [0.05, 0.1) is 5.56 Å². The average molecular weight is 489 g/mol. The molecule has 1 saturated heterocycles. The van der Waals surface area contributed by atoms with Gasteiger partial charge >= 0.3 is 6.18 Å². The van der Waals surface area contributed by atoms with Crippen LogP contribution in [0.3, 0.4) is 0 Å². The molecule has 1 aromatic carbocycles. The van der Waals surface area contributed by atoms with Gasteiger partial charge in [0.15, 0.2) is 0 Å². The van der Waals surface area contributed by atoms with Crippen molar-refractivity contribution in [2.75, 3.05) is 18.4 Å². The quantitative estimate of drug-likeness (QED) is 0.599. The molecule has 2 amide bonds.